The summed E-state index contributed by atoms with van der Waals surface area (Å²) in [5.41, 5.74) is 3.43. The maximum absolute atomic E-state index is 12.5. The van der Waals surface area contributed by atoms with Crippen molar-refractivity contribution >= 4 is 45.6 Å². The lowest BCUT2D eigenvalue weighted by Gasteiger charge is -2.22. The Morgan fingerprint density at radius 1 is 0.815 bits per heavy atom. The molecule has 54 heavy (non-hydrogen) atoms. The van der Waals surface area contributed by atoms with Crippen LogP contribution in [0.2, 0.25) is 5.02 Å². The molecule has 0 saturated carbocycles. The molecule has 1 aromatic rings. The van der Waals surface area contributed by atoms with Crippen molar-refractivity contribution in [1.82, 2.24) is 4.58 Å². The Balaban J connectivity index is 0.00000188. The van der Waals surface area contributed by atoms with Gasteiger partial charge in [-0.25, -0.2) is 8.78 Å². The number of unbranched alkanes of at least 4 members (excludes halogenated alkanes) is 17. The van der Waals surface area contributed by atoms with Gasteiger partial charge in [0.25, 0.3) is 0 Å². The highest BCUT2D eigenvalue weighted by Crippen LogP contribution is 2.38. The van der Waals surface area contributed by atoms with Crippen molar-refractivity contribution < 1.29 is 32.7 Å². The van der Waals surface area contributed by atoms with Crippen LogP contribution in [0, 0.1) is 5.92 Å². The Hall–Kier alpha value is -2.50. The van der Waals surface area contributed by atoms with Crippen LogP contribution < -0.4 is 25.6 Å². The summed E-state index contributed by atoms with van der Waals surface area (Å²) in [5, 5.41) is 26.8. The number of carboxylic acid groups (broad SMARTS) is 1. The van der Waals surface area contributed by atoms with Crippen LogP contribution in [0.4, 0.5) is 5.69 Å². The Bertz CT molecular complexity index is 1540. The summed E-state index contributed by atoms with van der Waals surface area (Å²) in [6.45, 7) is 8.75. The number of nitrogens with one attached hydrogen (secondary N) is 1. The van der Waals surface area contributed by atoms with Crippen molar-refractivity contribution in [3.05, 3.63) is 46.3 Å². The van der Waals surface area contributed by atoms with Gasteiger partial charge in [-0.1, -0.05) is 148 Å². The summed E-state index contributed by atoms with van der Waals surface area (Å²) >= 11 is 3.78. The number of fused-ring (bicyclic) bond motifs is 2. The Morgan fingerprint density at radius 3 is 1.78 bits per heavy atom. The topological polar surface area (TPSA) is 141 Å². The number of nitrogens with zero attached hydrogens (tertiary/aromatic N) is 1. The third kappa shape index (κ3) is 18.0. The van der Waals surface area contributed by atoms with Crippen LogP contribution in [0.5, 0.6) is 0 Å². The van der Waals surface area contributed by atoms with Gasteiger partial charge in [0.1, 0.15) is 24.4 Å². The van der Waals surface area contributed by atoms with E-state index in [2.05, 4.69) is 53.2 Å². The summed E-state index contributed by atoms with van der Waals surface area (Å²) in [4.78, 5) is 12.5. The second kappa shape index (κ2) is 28.8. The molecule has 0 fully saturated rings. The van der Waals surface area contributed by atoms with Crippen molar-refractivity contribution in [2.24, 2.45) is 5.92 Å². The lowest BCUT2D eigenvalue weighted by Crippen LogP contribution is -2.33. The molecule has 0 amide bonds. The van der Waals surface area contributed by atoms with Gasteiger partial charge in [0, 0.05) is 54.9 Å². The molecule has 2 aliphatic rings. The van der Waals surface area contributed by atoms with E-state index in [-0.39, 0.29) is 0 Å². The molecule has 3 rings (SSSR count). The van der Waals surface area contributed by atoms with E-state index >= 15 is 0 Å². The molecule has 0 spiro atoms. The highest BCUT2D eigenvalue weighted by atomic mass is 35.5. The fourth-order valence-electron chi connectivity index (χ4n) is 7.15. The maximum atomic E-state index is 12.5. The minimum absolute atomic E-state index is 0.397. The molecule has 2 atom stereocenters. The minimum Gasteiger partial charge on any atom is -0.750 e. The number of anilines is 1. The summed E-state index contributed by atoms with van der Waals surface area (Å²) in [6, 6.07) is 10.3. The van der Waals surface area contributed by atoms with Crippen LogP contribution in [0.3, 0.4) is 0 Å². The fourth-order valence-corrected chi connectivity index (χ4v) is 7.40. The molecule has 1 aliphatic heterocycles. The SMILES string of the molecule is CCCCCCCCCCCCCCCCCCC(Cc1c2ccc(=[N+](CCCC)CCCC)cc-2oc2cc(NC)c(Cl)cc12)C(=O)[O-].O=S([O-])O[O-]. The molecular weight excluding hydrogens is 724 g/mol. The average Bonchev–Trinajstić information content (AvgIpc) is 3.16. The lowest BCUT2D eigenvalue weighted by atomic mass is 9.88. The van der Waals surface area contributed by atoms with Gasteiger partial charge in [-0.05, 0) is 30.5 Å². The van der Waals surface area contributed by atoms with E-state index < -0.39 is 23.2 Å². The van der Waals surface area contributed by atoms with Crippen LogP contribution in [-0.4, -0.2) is 34.9 Å². The first-order valence-electron chi connectivity index (χ1n) is 20.8. The van der Waals surface area contributed by atoms with Gasteiger partial charge in [0.2, 0.25) is 5.36 Å². The van der Waals surface area contributed by atoms with Crippen LogP contribution in [0.25, 0.3) is 22.3 Å². The molecule has 1 N–H and O–H groups in total. The smallest absolute Gasteiger partial charge is 0.203 e. The van der Waals surface area contributed by atoms with Gasteiger partial charge < -0.3 is 33.8 Å². The van der Waals surface area contributed by atoms with Crippen molar-refractivity contribution in [1.29, 1.82) is 0 Å². The maximum Gasteiger partial charge on any atom is 0.203 e. The van der Waals surface area contributed by atoms with Gasteiger partial charge >= 0.3 is 0 Å². The van der Waals surface area contributed by atoms with Crippen molar-refractivity contribution in [2.75, 3.05) is 25.5 Å². The third-order valence-electron chi connectivity index (χ3n) is 10.3. The summed E-state index contributed by atoms with van der Waals surface area (Å²) in [7, 11) is 1.84. The number of halogens is 1. The van der Waals surface area contributed by atoms with Crippen molar-refractivity contribution in [3.63, 3.8) is 0 Å². The number of carbonyl (C=O) groups is 1. The molecule has 1 aromatic carbocycles. The quantitative estimate of drug-likeness (QED) is 0.0192. The minimum atomic E-state index is -2.88. The molecule has 0 saturated heterocycles. The molecule has 2 unspecified atom stereocenters. The van der Waals surface area contributed by atoms with Gasteiger partial charge in [0.05, 0.1) is 28.1 Å². The van der Waals surface area contributed by atoms with Crippen LogP contribution >= 0.6 is 11.6 Å². The molecule has 0 radical (unpaired) electrons. The predicted molar refractivity (Wildman–Crippen MR) is 219 cm³/mol. The highest BCUT2D eigenvalue weighted by Gasteiger charge is 2.22. The first-order chi connectivity index (χ1) is 26.2. The van der Waals surface area contributed by atoms with Gasteiger partial charge in [-0.3, -0.25) is 0 Å². The number of rotatable bonds is 28. The van der Waals surface area contributed by atoms with Crippen molar-refractivity contribution in [3.8, 4) is 11.3 Å². The Labute approximate surface area is 332 Å². The molecule has 9 nitrogen and oxygen atoms in total. The summed E-state index contributed by atoms with van der Waals surface area (Å²) < 4.78 is 29.1. The number of carbonyl (C=O) groups excluding carboxylic acids is 1. The molecule has 1 heterocycles. The van der Waals surface area contributed by atoms with E-state index in [4.69, 9.17) is 30.0 Å². The van der Waals surface area contributed by atoms with E-state index in [1.165, 1.54) is 89.9 Å². The summed E-state index contributed by atoms with van der Waals surface area (Å²) in [6.07, 6.45) is 26.5. The second-order valence-electron chi connectivity index (χ2n) is 14.6. The Kier molecular flexibility index (Phi) is 25.5. The van der Waals surface area contributed by atoms with E-state index in [9.17, 15) is 9.90 Å². The van der Waals surface area contributed by atoms with Crippen LogP contribution in [0.15, 0.2) is 34.7 Å². The number of hydrogen-bond donors (Lipinski definition) is 1. The van der Waals surface area contributed by atoms with Crippen molar-refractivity contribution in [2.45, 2.75) is 162 Å². The van der Waals surface area contributed by atoms with Gasteiger partial charge in [-0.15, -0.1) is 0 Å². The normalized spacial score (nSPS) is 12.4. The Morgan fingerprint density at radius 2 is 1.31 bits per heavy atom. The van der Waals surface area contributed by atoms with E-state index in [0.717, 1.165) is 84.9 Å². The standard InChI is InChI=1S/C43H67ClN2O3.H2O4S/c1-5-8-11-12-13-14-15-16-17-18-19-20-21-22-23-24-25-34(43(47)48)30-37-36-27-26-35(46(28-9-6-2)29-10-7-3)31-41(36)49-42-33-40(45-4)39(44)32-38(37)42;1-4-5(2)3/h26-27,31-34H,5-25,28-30H2,1-4H3,(H,47,48);1H,(H,2,3)/p-2. The first-order valence-corrected chi connectivity index (χ1v) is 22.1. The zero-order valence-electron chi connectivity index (χ0n) is 33.5. The fraction of sp³-hybridized carbons (Fsp3) is 0.674. The van der Waals surface area contributed by atoms with Crippen LogP contribution in [-0.2, 0) is 26.9 Å². The number of hydrogen-bond acceptors (Lipinski definition) is 8. The lowest BCUT2D eigenvalue weighted by molar-refractivity contribution is -0.635. The van der Waals surface area contributed by atoms with Gasteiger partial charge in [-0.2, -0.15) is 0 Å². The van der Waals surface area contributed by atoms with E-state index in [0.29, 0.717) is 23.4 Å². The zero-order chi connectivity index (χ0) is 39.6. The summed E-state index contributed by atoms with van der Waals surface area (Å²) in [5.74, 6) is -0.752. The molecule has 1 aliphatic carbocycles. The molecular formula is C43H67ClN2O7S-2. The predicted octanol–water partition coefficient (Wildman–Crippen LogP) is 9.24. The molecule has 0 aromatic heterocycles. The average molecular weight is 792 g/mol. The zero-order valence-corrected chi connectivity index (χ0v) is 35.1. The molecule has 306 valence electrons. The van der Waals surface area contributed by atoms with E-state index in [1.54, 1.807) is 0 Å². The largest absolute Gasteiger partial charge is 0.750 e. The third-order valence-corrected chi connectivity index (χ3v) is 10.8. The van der Waals surface area contributed by atoms with Crippen LogP contribution in [0.1, 0.15) is 161 Å². The second-order valence-corrected chi connectivity index (χ2v) is 15.6. The number of carboxylic acids is 1. The highest BCUT2D eigenvalue weighted by molar-refractivity contribution is 7.73. The number of aliphatic carboxylic acids is 1. The van der Waals surface area contributed by atoms with E-state index in [1.807, 2.05) is 19.2 Å². The first kappa shape index (κ1) is 47.7. The number of benzene rings is 2. The molecule has 11 heteroatoms. The molecule has 0 bridgehead atoms. The van der Waals surface area contributed by atoms with Gasteiger partial charge in [0.15, 0.2) is 0 Å². The monoisotopic (exact) mass is 790 g/mol.